The Kier molecular flexibility index (Phi) is 11.9. The number of rotatable bonds is 16. The highest BCUT2D eigenvalue weighted by molar-refractivity contribution is 5.56. The van der Waals surface area contributed by atoms with Gasteiger partial charge in [0.2, 0.25) is 0 Å². The normalized spacial score (nSPS) is 12.0. The standard InChI is InChI=1S/C26H40N2O2/c1-4-6-8-10-12-18-29-25-19-27-26(28-20-25)23-14-16-24(17-15-23)30-21-22(3)13-11-9-7-5-2/h14-17,19-20,22H,4-13,18,21H2,1-3H3. The summed E-state index contributed by atoms with van der Waals surface area (Å²) < 4.78 is 11.7. The predicted molar refractivity (Wildman–Crippen MR) is 125 cm³/mol. The van der Waals surface area contributed by atoms with E-state index in [1.807, 2.05) is 24.3 Å². The third kappa shape index (κ3) is 9.60. The lowest BCUT2D eigenvalue weighted by molar-refractivity contribution is 0.249. The molecule has 1 aromatic carbocycles. The Morgan fingerprint density at radius 2 is 1.37 bits per heavy atom. The van der Waals surface area contributed by atoms with Gasteiger partial charge >= 0.3 is 0 Å². The van der Waals surface area contributed by atoms with E-state index < -0.39 is 0 Å². The Morgan fingerprint density at radius 1 is 0.733 bits per heavy atom. The average molecular weight is 413 g/mol. The van der Waals surface area contributed by atoms with Gasteiger partial charge in [0.15, 0.2) is 11.6 Å². The van der Waals surface area contributed by atoms with E-state index in [0.717, 1.165) is 36.7 Å². The van der Waals surface area contributed by atoms with Gasteiger partial charge in [0, 0.05) is 5.56 Å². The van der Waals surface area contributed by atoms with E-state index in [0.29, 0.717) is 11.7 Å². The van der Waals surface area contributed by atoms with Gasteiger partial charge in [-0.2, -0.15) is 0 Å². The Balaban J connectivity index is 1.72. The summed E-state index contributed by atoms with van der Waals surface area (Å²) in [5, 5.41) is 0. The summed E-state index contributed by atoms with van der Waals surface area (Å²) in [6.07, 6.45) is 16.2. The predicted octanol–water partition coefficient (Wildman–Crippen LogP) is 7.48. The molecule has 0 aliphatic heterocycles. The summed E-state index contributed by atoms with van der Waals surface area (Å²) >= 11 is 0. The molecule has 0 saturated carbocycles. The summed E-state index contributed by atoms with van der Waals surface area (Å²) in [5.74, 6) is 2.94. The Bertz CT molecular complexity index is 670. The van der Waals surface area contributed by atoms with Crippen LogP contribution in [0.3, 0.4) is 0 Å². The van der Waals surface area contributed by atoms with Gasteiger partial charge in [-0.25, -0.2) is 9.97 Å². The number of nitrogens with zero attached hydrogens (tertiary/aromatic N) is 2. The maximum Gasteiger partial charge on any atom is 0.159 e. The highest BCUT2D eigenvalue weighted by atomic mass is 16.5. The first-order valence-electron chi connectivity index (χ1n) is 11.9. The van der Waals surface area contributed by atoms with Crippen LogP contribution in [0.2, 0.25) is 0 Å². The minimum Gasteiger partial charge on any atom is -0.493 e. The van der Waals surface area contributed by atoms with Crippen molar-refractivity contribution in [1.29, 1.82) is 0 Å². The lowest BCUT2D eigenvalue weighted by Crippen LogP contribution is -2.08. The zero-order valence-electron chi connectivity index (χ0n) is 19.2. The summed E-state index contributed by atoms with van der Waals surface area (Å²) in [7, 11) is 0. The average Bonchev–Trinajstić information content (AvgIpc) is 2.78. The zero-order chi connectivity index (χ0) is 21.4. The first-order chi connectivity index (χ1) is 14.7. The molecule has 0 aliphatic carbocycles. The van der Waals surface area contributed by atoms with Gasteiger partial charge in [0.25, 0.3) is 0 Å². The van der Waals surface area contributed by atoms with Crippen LogP contribution in [0.25, 0.3) is 11.4 Å². The number of benzene rings is 1. The third-order valence-electron chi connectivity index (χ3n) is 5.34. The molecule has 166 valence electrons. The fourth-order valence-corrected chi connectivity index (χ4v) is 3.38. The van der Waals surface area contributed by atoms with Crippen LogP contribution in [0.15, 0.2) is 36.7 Å². The van der Waals surface area contributed by atoms with E-state index in [1.165, 1.54) is 57.8 Å². The Hall–Kier alpha value is -2.10. The van der Waals surface area contributed by atoms with Gasteiger partial charge in [-0.05, 0) is 43.0 Å². The monoisotopic (exact) mass is 412 g/mol. The molecule has 2 aromatic rings. The molecule has 0 N–H and O–H groups in total. The lowest BCUT2D eigenvalue weighted by atomic mass is 10.0. The first-order valence-corrected chi connectivity index (χ1v) is 11.9. The number of ether oxygens (including phenoxy) is 2. The first kappa shape index (κ1) is 24.2. The van der Waals surface area contributed by atoms with Gasteiger partial charge in [0.1, 0.15) is 5.75 Å². The van der Waals surface area contributed by atoms with Gasteiger partial charge in [-0.1, -0.05) is 72.1 Å². The topological polar surface area (TPSA) is 44.2 Å². The van der Waals surface area contributed by atoms with Crippen molar-refractivity contribution in [2.45, 2.75) is 85.0 Å². The van der Waals surface area contributed by atoms with Gasteiger partial charge < -0.3 is 9.47 Å². The van der Waals surface area contributed by atoms with Crippen LogP contribution in [0.1, 0.15) is 85.0 Å². The SMILES string of the molecule is CCCCCCCOc1cnc(-c2ccc(OCC(C)CCCCCC)cc2)nc1. The van der Waals surface area contributed by atoms with Crippen molar-refractivity contribution in [3.05, 3.63) is 36.7 Å². The summed E-state index contributed by atoms with van der Waals surface area (Å²) in [6, 6.07) is 8.04. The van der Waals surface area contributed by atoms with Crippen molar-refractivity contribution in [3.8, 4) is 22.9 Å². The van der Waals surface area contributed by atoms with Crippen molar-refractivity contribution < 1.29 is 9.47 Å². The molecule has 0 bridgehead atoms. The molecule has 0 spiro atoms. The molecular weight excluding hydrogens is 372 g/mol. The molecule has 0 amide bonds. The van der Waals surface area contributed by atoms with Crippen molar-refractivity contribution in [2.24, 2.45) is 5.92 Å². The number of hydrogen-bond acceptors (Lipinski definition) is 4. The maximum absolute atomic E-state index is 5.95. The van der Waals surface area contributed by atoms with E-state index in [4.69, 9.17) is 9.47 Å². The molecule has 0 aliphatic rings. The van der Waals surface area contributed by atoms with Crippen molar-refractivity contribution in [3.63, 3.8) is 0 Å². The Labute approximate surface area is 183 Å². The van der Waals surface area contributed by atoms with Crippen LogP contribution >= 0.6 is 0 Å². The molecule has 0 fully saturated rings. The van der Waals surface area contributed by atoms with E-state index in [-0.39, 0.29) is 0 Å². The van der Waals surface area contributed by atoms with Gasteiger partial charge in [-0.15, -0.1) is 0 Å². The second-order valence-electron chi connectivity index (χ2n) is 8.29. The second-order valence-corrected chi connectivity index (χ2v) is 8.29. The molecule has 1 aromatic heterocycles. The smallest absolute Gasteiger partial charge is 0.159 e. The van der Waals surface area contributed by atoms with Crippen LogP contribution in [-0.2, 0) is 0 Å². The fraction of sp³-hybridized carbons (Fsp3) is 0.615. The third-order valence-corrected chi connectivity index (χ3v) is 5.34. The van der Waals surface area contributed by atoms with Crippen molar-refractivity contribution in [1.82, 2.24) is 9.97 Å². The molecule has 1 unspecified atom stereocenters. The molecule has 2 rings (SSSR count). The minimum absolute atomic E-state index is 0.587. The quantitative estimate of drug-likeness (QED) is 0.268. The van der Waals surface area contributed by atoms with Crippen LogP contribution in [0.4, 0.5) is 0 Å². The van der Waals surface area contributed by atoms with Crippen LogP contribution in [0, 0.1) is 5.92 Å². The molecule has 4 heteroatoms. The van der Waals surface area contributed by atoms with Crippen molar-refractivity contribution >= 4 is 0 Å². The Morgan fingerprint density at radius 3 is 2.03 bits per heavy atom. The van der Waals surface area contributed by atoms with E-state index in [9.17, 15) is 0 Å². The van der Waals surface area contributed by atoms with E-state index in [1.54, 1.807) is 12.4 Å². The summed E-state index contributed by atoms with van der Waals surface area (Å²) in [6.45, 7) is 8.25. The largest absolute Gasteiger partial charge is 0.493 e. The van der Waals surface area contributed by atoms with Gasteiger partial charge in [-0.3, -0.25) is 0 Å². The van der Waals surface area contributed by atoms with Crippen LogP contribution in [0.5, 0.6) is 11.5 Å². The molecule has 0 radical (unpaired) electrons. The summed E-state index contributed by atoms with van der Waals surface area (Å²) in [5.41, 5.74) is 0.987. The van der Waals surface area contributed by atoms with Gasteiger partial charge in [0.05, 0.1) is 25.6 Å². The molecule has 4 nitrogen and oxygen atoms in total. The summed E-state index contributed by atoms with van der Waals surface area (Å²) in [4.78, 5) is 8.91. The highest BCUT2D eigenvalue weighted by Crippen LogP contribution is 2.21. The maximum atomic E-state index is 5.95. The van der Waals surface area contributed by atoms with E-state index in [2.05, 4.69) is 30.7 Å². The molecular formula is C26H40N2O2. The lowest BCUT2D eigenvalue weighted by Gasteiger charge is -2.13. The van der Waals surface area contributed by atoms with Crippen LogP contribution < -0.4 is 9.47 Å². The number of unbranched alkanes of at least 4 members (excludes halogenated alkanes) is 7. The minimum atomic E-state index is 0.587. The fourth-order valence-electron chi connectivity index (χ4n) is 3.38. The molecule has 1 atom stereocenters. The number of aromatic nitrogens is 2. The van der Waals surface area contributed by atoms with Crippen molar-refractivity contribution in [2.75, 3.05) is 13.2 Å². The molecule has 30 heavy (non-hydrogen) atoms. The molecule has 1 heterocycles. The highest BCUT2D eigenvalue weighted by Gasteiger charge is 2.06. The van der Waals surface area contributed by atoms with E-state index >= 15 is 0 Å². The zero-order valence-corrected chi connectivity index (χ0v) is 19.2. The number of hydrogen-bond donors (Lipinski definition) is 0. The molecule has 0 saturated heterocycles. The second kappa shape index (κ2) is 14.8. The van der Waals surface area contributed by atoms with Crippen LogP contribution in [-0.4, -0.2) is 23.2 Å².